The summed E-state index contributed by atoms with van der Waals surface area (Å²) in [5.74, 6) is 0.227. The standard InChI is InChI=1S/C15H22N2O/c1-9-6-10(2)12(4)15(11(9)3)17-8-13(16-5)7-14(17)18/h6,13,16H,7-8H2,1-5H3. The Morgan fingerprint density at radius 1 is 1.17 bits per heavy atom. The van der Waals surface area contributed by atoms with Crippen molar-refractivity contribution in [3.05, 3.63) is 28.3 Å². The molecule has 1 aromatic rings. The van der Waals surface area contributed by atoms with Gasteiger partial charge in [0.05, 0.1) is 5.69 Å². The van der Waals surface area contributed by atoms with Crippen molar-refractivity contribution in [2.45, 2.75) is 40.2 Å². The summed E-state index contributed by atoms with van der Waals surface area (Å²) in [4.78, 5) is 14.1. The van der Waals surface area contributed by atoms with Crippen LogP contribution in [0.5, 0.6) is 0 Å². The summed E-state index contributed by atoms with van der Waals surface area (Å²) < 4.78 is 0. The fourth-order valence-electron chi connectivity index (χ4n) is 2.72. The van der Waals surface area contributed by atoms with Crippen LogP contribution in [-0.4, -0.2) is 25.5 Å². The second-order valence-corrected chi connectivity index (χ2v) is 5.30. The Kier molecular flexibility index (Phi) is 3.44. The highest BCUT2D eigenvalue weighted by molar-refractivity contribution is 5.98. The molecule has 0 spiro atoms. The lowest BCUT2D eigenvalue weighted by molar-refractivity contribution is -0.117. The number of hydrogen-bond acceptors (Lipinski definition) is 2. The third kappa shape index (κ3) is 2.03. The quantitative estimate of drug-likeness (QED) is 0.868. The molecule has 1 aromatic carbocycles. The van der Waals surface area contributed by atoms with E-state index in [-0.39, 0.29) is 11.9 Å². The Labute approximate surface area is 109 Å². The van der Waals surface area contributed by atoms with Crippen LogP contribution in [0, 0.1) is 27.7 Å². The van der Waals surface area contributed by atoms with Crippen LogP contribution in [0.15, 0.2) is 6.07 Å². The Bertz CT molecular complexity index is 468. The highest BCUT2D eigenvalue weighted by Gasteiger charge is 2.31. The maximum Gasteiger partial charge on any atom is 0.228 e. The molecule has 1 unspecified atom stereocenters. The fraction of sp³-hybridized carbons (Fsp3) is 0.533. The molecule has 1 atom stereocenters. The van der Waals surface area contributed by atoms with Crippen LogP contribution in [0.25, 0.3) is 0 Å². The van der Waals surface area contributed by atoms with Crippen LogP contribution >= 0.6 is 0 Å². The average Bonchev–Trinajstić information content (AvgIpc) is 2.69. The van der Waals surface area contributed by atoms with Crippen LogP contribution in [0.3, 0.4) is 0 Å². The monoisotopic (exact) mass is 246 g/mol. The normalized spacial score (nSPS) is 19.7. The van der Waals surface area contributed by atoms with Crippen molar-refractivity contribution >= 4 is 11.6 Å². The number of anilines is 1. The van der Waals surface area contributed by atoms with E-state index >= 15 is 0 Å². The number of aryl methyl sites for hydroxylation is 2. The van der Waals surface area contributed by atoms with Gasteiger partial charge in [0.25, 0.3) is 0 Å². The molecule has 0 bridgehead atoms. The molecule has 0 radical (unpaired) electrons. The fourth-order valence-corrected chi connectivity index (χ4v) is 2.72. The predicted octanol–water partition coefficient (Wildman–Crippen LogP) is 2.24. The second-order valence-electron chi connectivity index (χ2n) is 5.30. The predicted molar refractivity (Wildman–Crippen MR) is 75.2 cm³/mol. The van der Waals surface area contributed by atoms with Crippen molar-refractivity contribution in [3.8, 4) is 0 Å². The van der Waals surface area contributed by atoms with Gasteiger partial charge in [-0.25, -0.2) is 0 Å². The van der Waals surface area contributed by atoms with Gasteiger partial charge in [-0.2, -0.15) is 0 Å². The summed E-state index contributed by atoms with van der Waals surface area (Å²) >= 11 is 0. The molecule has 98 valence electrons. The van der Waals surface area contributed by atoms with Crippen LogP contribution in [-0.2, 0) is 4.79 Å². The molecule has 1 N–H and O–H groups in total. The number of benzene rings is 1. The van der Waals surface area contributed by atoms with Gasteiger partial charge in [0.2, 0.25) is 5.91 Å². The molecule has 0 aromatic heterocycles. The first kappa shape index (κ1) is 13.1. The van der Waals surface area contributed by atoms with Gasteiger partial charge in [0.15, 0.2) is 0 Å². The minimum atomic E-state index is 0.227. The van der Waals surface area contributed by atoms with Gasteiger partial charge < -0.3 is 10.2 Å². The molecule has 1 aliphatic heterocycles. The zero-order valence-corrected chi connectivity index (χ0v) is 11.9. The van der Waals surface area contributed by atoms with Gasteiger partial charge in [0, 0.05) is 19.0 Å². The van der Waals surface area contributed by atoms with Crippen LogP contribution in [0.2, 0.25) is 0 Å². The van der Waals surface area contributed by atoms with E-state index in [0.717, 1.165) is 12.2 Å². The third-order valence-electron chi connectivity index (χ3n) is 4.13. The molecule has 1 fully saturated rings. The summed E-state index contributed by atoms with van der Waals surface area (Å²) in [5.41, 5.74) is 6.09. The van der Waals surface area contributed by atoms with E-state index in [1.807, 2.05) is 11.9 Å². The third-order valence-corrected chi connectivity index (χ3v) is 4.13. The number of nitrogens with zero attached hydrogens (tertiary/aromatic N) is 1. The maximum atomic E-state index is 12.2. The van der Waals surface area contributed by atoms with E-state index in [1.54, 1.807) is 0 Å². The molecule has 3 heteroatoms. The molecule has 1 amide bonds. The Morgan fingerprint density at radius 3 is 2.17 bits per heavy atom. The zero-order chi connectivity index (χ0) is 13.4. The Morgan fingerprint density at radius 2 is 1.72 bits per heavy atom. The van der Waals surface area contributed by atoms with Crippen LogP contribution < -0.4 is 10.2 Å². The molecule has 1 heterocycles. The molecule has 0 saturated carbocycles. The van der Waals surface area contributed by atoms with E-state index in [9.17, 15) is 4.79 Å². The smallest absolute Gasteiger partial charge is 0.228 e. The van der Waals surface area contributed by atoms with Gasteiger partial charge in [-0.1, -0.05) is 6.07 Å². The summed E-state index contributed by atoms with van der Waals surface area (Å²) in [6.07, 6.45) is 0.600. The van der Waals surface area contributed by atoms with E-state index in [1.165, 1.54) is 22.3 Å². The number of nitrogens with one attached hydrogen (secondary N) is 1. The first-order valence-electron chi connectivity index (χ1n) is 6.50. The van der Waals surface area contributed by atoms with Gasteiger partial charge in [0.1, 0.15) is 0 Å². The van der Waals surface area contributed by atoms with E-state index in [4.69, 9.17) is 0 Å². The first-order valence-corrected chi connectivity index (χ1v) is 6.50. The maximum absolute atomic E-state index is 12.2. The summed E-state index contributed by atoms with van der Waals surface area (Å²) in [6.45, 7) is 9.22. The minimum absolute atomic E-state index is 0.227. The molecule has 18 heavy (non-hydrogen) atoms. The number of rotatable bonds is 2. The zero-order valence-electron chi connectivity index (χ0n) is 11.9. The van der Waals surface area contributed by atoms with Crippen molar-refractivity contribution in [3.63, 3.8) is 0 Å². The largest absolute Gasteiger partial charge is 0.315 e. The molecule has 0 aliphatic carbocycles. The average molecular weight is 246 g/mol. The molecular weight excluding hydrogens is 224 g/mol. The van der Waals surface area contributed by atoms with Crippen molar-refractivity contribution in [1.82, 2.24) is 5.32 Å². The van der Waals surface area contributed by atoms with Crippen LogP contribution in [0.4, 0.5) is 5.69 Å². The number of likely N-dealkylation sites (N-methyl/N-ethyl adjacent to an activating group) is 1. The highest BCUT2D eigenvalue weighted by Crippen LogP contribution is 2.32. The van der Waals surface area contributed by atoms with E-state index in [0.29, 0.717) is 6.42 Å². The molecule has 1 aliphatic rings. The molecule has 1 saturated heterocycles. The molecule has 2 rings (SSSR count). The Balaban J connectivity index is 2.48. The first-order chi connectivity index (χ1) is 8.45. The van der Waals surface area contributed by atoms with Crippen molar-refractivity contribution in [2.24, 2.45) is 0 Å². The van der Waals surface area contributed by atoms with Crippen molar-refractivity contribution in [1.29, 1.82) is 0 Å². The molecule has 3 nitrogen and oxygen atoms in total. The topological polar surface area (TPSA) is 32.3 Å². The number of carbonyl (C=O) groups is 1. The SMILES string of the molecule is CNC1CC(=O)N(c2c(C)c(C)cc(C)c2C)C1. The van der Waals surface area contributed by atoms with Gasteiger partial charge in [-0.05, 0) is 57.0 Å². The number of carbonyl (C=O) groups excluding carboxylic acids is 1. The minimum Gasteiger partial charge on any atom is -0.315 e. The summed E-state index contributed by atoms with van der Waals surface area (Å²) in [5, 5.41) is 3.20. The van der Waals surface area contributed by atoms with E-state index < -0.39 is 0 Å². The summed E-state index contributed by atoms with van der Waals surface area (Å²) in [6, 6.07) is 2.47. The lowest BCUT2D eigenvalue weighted by Crippen LogP contribution is -2.31. The van der Waals surface area contributed by atoms with Gasteiger partial charge in [-0.3, -0.25) is 4.79 Å². The van der Waals surface area contributed by atoms with E-state index in [2.05, 4.69) is 39.1 Å². The summed E-state index contributed by atoms with van der Waals surface area (Å²) in [7, 11) is 1.92. The van der Waals surface area contributed by atoms with Gasteiger partial charge >= 0.3 is 0 Å². The highest BCUT2D eigenvalue weighted by atomic mass is 16.2. The van der Waals surface area contributed by atoms with Crippen molar-refractivity contribution < 1.29 is 4.79 Å². The van der Waals surface area contributed by atoms with Gasteiger partial charge in [-0.15, -0.1) is 0 Å². The lowest BCUT2D eigenvalue weighted by atomic mass is 9.98. The van der Waals surface area contributed by atoms with Crippen molar-refractivity contribution in [2.75, 3.05) is 18.5 Å². The number of hydrogen-bond donors (Lipinski definition) is 1. The second kappa shape index (κ2) is 4.73. The molecular formula is C15H22N2O. The van der Waals surface area contributed by atoms with Crippen LogP contribution in [0.1, 0.15) is 28.7 Å². The number of amides is 1. The lowest BCUT2D eigenvalue weighted by Gasteiger charge is -2.24. The Hall–Kier alpha value is -1.35.